The fourth-order valence-electron chi connectivity index (χ4n) is 2.80. The lowest BCUT2D eigenvalue weighted by molar-refractivity contribution is -0.141. The van der Waals surface area contributed by atoms with Gasteiger partial charge >= 0.3 is 17.9 Å². The molecule has 12 nitrogen and oxygen atoms in total. The number of rotatable bonds is 8. The molecule has 3 aromatic rings. The maximum Gasteiger partial charge on any atom is 0.323 e. The number of carboxylic acids is 3. The number of carboxylic acid groups (broad SMARTS) is 3. The van der Waals surface area contributed by atoms with Crippen molar-refractivity contribution in [3.8, 4) is 5.75 Å². The first-order chi connectivity index (χ1) is 16.8. The average Bonchev–Trinajstić information content (AvgIpc) is 3.23. The van der Waals surface area contributed by atoms with E-state index in [9.17, 15) is 14.4 Å². The molecular formula is C24H32N4O8. The second-order valence-electron chi connectivity index (χ2n) is 7.93. The van der Waals surface area contributed by atoms with Gasteiger partial charge in [-0.25, -0.2) is 0 Å². The van der Waals surface area contributed by atoms with Gasteiger partial charge in [0.1, 0.15) is 23.9 Å². The molecule has 0 aliphatic rings. The summed E-state index contributed by atoms with van der Waals surface area (Å²) in [6, 6.07) is 11.2. The Kier molecular flexibility index (Phi) is 12.1. The van der Waals surface area contributed by atoms with E-state index in [1.807, 2.05) is 30.5 Å². The number of aromatic amines is 1. The highest BCUT2D eigenvalue weighted by Gasteiger charge is 2.16. The van der Waals surface area contributed by atoms with Gasteiger partial charge in [0, 0.05) is 23.5 Å². The number of para-hydroxylation sites is 1. The highest BCUT2D eigenvalue weighted by atomic mass is 16.4. The topological polar surface area (TPSA) is 246 Å². The number of aromatic nitrogens is 1. The van der Waals surface area contributed by atoms with E-state index in [4.69, 9.17) is 42.7 Å². The molecular weight excluding hydrogens is 472 g/mol. The third-order valence-electron chi connectivity index (χ3n) is 4.95. The number of nitrogens with one attached hydrogen (secondary N) is 1. The molecule has 0 aliphatic carbocycles. The number of hydrogen-bond donors (Lipinski definition) is 9. The van der Waals surface area contributed by atoms with E-state index >= 15 is 0 Å². The van der Waals surface area contributed by atoms with E-state index in [-0.39, 0.29) is 12.2 Å². The van der Waals surface area contributed by atoms with Crippen molar-refractivity contribution in [1.29, 1.82) is 0 Å². The van der Waals surface area contributed by atoms with Crippen molar-refractivity contribution in [2.24, 2.45) is 17.2 Å². The van der Waals surface area contributed by atoms with E-state index in [0.29, 0.717) is 6.42 Å². The van der Waals surface area contributed by atoms with Gasteiger partial charge < -0.3 is 47.7 Å². The van der Waals surface area contributed by atoms with Crippen LogP contribution < -0.4 is 17.2 Å². The Bertz CT molecular complexity index is 1130. The zero-order valence-corrected chi connectivity index (χ0v) is 19.6. The number of phenolic OH excluding ortho intramolecular Hbond substituents is 1. The van der Waals surface area contributed by atoms with E-state index in [1.165, 1.54) is 19.1 Å². The van der Waals surface area contributed by atoms with Gasteiger partial charge in [0.05, 0.1) is 6.10 Å². The van der Waals surface area contributed by atoms with Gasteiger partial charge in [-0.1, -0.05) is 30.3 Å². The second kappa shape index (κ2) is 14.4. The van der Waals surface area contributed by atoms with Crippen LogP contribution in [0, 0.1) is 0 Å². The van der Waals surface area contributed by atoms with Crippen molar-refractivity contribution in [3.63, 3.8) is 0 Å². The normalized spacial score (nSPS) is 13.7. The number of aliphatic hydroxyl groups is 1. The van der Waals surface area contributed by atoms with Crippen molar-refractivity contribution in [2.45, 2.75) is 44.0 Å². The van der Waals surface area contributed by atoms with E-state index in [1.54, 1.807) is 12.1 Å². The number of hydrogen-bond acceptors (Lipinski definition) is 8. The van der Waals surface area contributed by atoms with Crippen LogP contribution in [0.15, 0.2) is 54.7 Å². The number of carbonyl (C=O) groups is 3. The number of aliphatic hydroxyl groups excluding tert-OH is 1. The van der Waals surface area contributed by atoms with Crippen molar-refractivity contribution >= 4 is 28.8 Å². The number of nitrogens with two attached hydrogens (primary N) is 3. The largest absolute Gasteiger partial charge is 0.508 e. The fraction of sp³-hybridized carbons (Fsp3) is 0.292. The van der Waals surface area contributed by atoms with Crippen LogP contribution in [0.5, 0.6) is 5.75 Å². The van der Waals surface area contributed by atoms with Gasteiger partial charge in [-0.15, -0.1) is 0 Å². The van der Waals surface area contributed by atoms with Crippen LogP contribution in [0.1, 0.15) is 18.1 Å². The molecule has 3 rings (SSSR count). The van der Waals surface area contributed by atoms with E-state index in [0.717, 1.165) is 22.0 Å². The molecule has 0 spiro atoms. The third-order valence-corrected chi connectivity index (χ3v) is 4.95. The number of H-pyrrole nitrogens is 1. The standard InChI is InChI=1S/C11H12N2O2.C9H11NO3.C4H9NO3/c12-9(11(14)15)5-7-6-13-10-4-2-1-3-8(7)10;10-8(9(12)13)5-6-1-3-7(11)4-2-6;1-2(6)3(5)4(7)8/h1-4,6,9,13H,5,12H2,(H,14,15);1-4,8,11H,5,10H2,(H,12,13);2-3,6H,5H2,1H3,(H,7,8)/t9-;8-;2?,3-/m000/s1. The average molecular weight is 505 g/mol. The fourth-order valence-corrected chi connectivity index (χ4v) is 2.80. The second-order valence-corrected chi connectivity index (χ2v) is 7.93. The van der Waals surface area contributed by atoms with Crippen molar-refractivity contribution in [2.75, 3.05) is 0 Å². The highest BCUT2D eigenvalue weighted by molar-refractivity contribution is 5.84. The summed E-state index contributed by atoms with van der Waals surface area (Å²) in [4.78, 5) is 34.0. The molecule has 1 unspecified atom stereocenters. The number of phenols is 1. The smallest absolute Gasteiger partial charge is 0.323 e. The Hall–Kier alpha value is -3.97. The van der Waals surface area contributed by atoms with Crippen LogP contribution in [-0.2, 0) is 27.2 Å². The van der Waals surface area contributed by atoms with Crippen LogP contribution in [0.3, 0.4) is 0 Å². The molecule has 0 aliphatic heterocycles. The first-order valence-corrected chi connectivity index (χ1v) is 10.8. The van der Waals surface area contributed by atoms with Crippen molar-refractivity contribution in [1.82, 2.24) is 4.98 Å². The molecule has 36 heavy (non-hydrogen) atoms. The molecule has 196 valence electrons. The summed E-state index contributed by atoms with van der Waals surface area (Å²) in [6.07, 6.45) is 1.45. The Morgan fingerprint density at radius 1 is 0.833 bits per heavy atom. The lowest BCUT2D eigenvalue weighted by Gasteiger charge is -2.06. The van der Waals surface area contributed by atoms with Gasteiger partial charge in [-0.05, 0) is 42.7 Å². The number of benzene rings is 2. The Balaban J connectivity index is 0.000000284. The Morgan fingerprint density at radius 3 is 1.83 bits per heavy atom. The Morgan fingerprint density at radius 2 is 1.36 bits per heavy atom. The number of aromatic hydroxyl groups is 1. The number of fused-ring (bicyclic) bond motifs is 1. The van der Waals surface area contributed by atoms with Gasteiger partial charge in [0.15, 0.2) is 0 Å². The molecule has 12 N–H and O–H groups in total. The van der Waals surface area contributed by atoms with Crippen LogP contribution in [-0.4, -0.2) is 72.7 Å². The third kappa shape index (κ3) is 10.1. The molecule has 0 saturated carbocycles. The molecule has 1 heterocycles. The molecule has 1 aromatic heterocycles. The summed E-state index contributed by atoms with van der Waals surface area (Å²) >= 11 is 0. The summed E-state index contributed by atoms with van der Waals surface area (Å²) in [5.74, 6) is -3.01. The lowest BCUT2D eigenvalue weighted by Crippen LogP contribution is -2.39. The minimum Gasteiger partial charge on any atom is -0.508 e. The first kappa shape index (κ1) is 30.1. The monoisotopic (exact) mass is 504 g/mol. The van der Waals surface area contributed by atoms with Crippen molar-refractivity contribution in [3.05, 3.63) is 65.9 Å². The van der Waals surface area contributed by atoms with E-state index < -0.39 is 42.1 Å². The summed E-state index contributed by atoms with van der Waals surface area (Å²) < 4.78 is 0. The van der Waals surface area contributed by atoms with Gasteiger partial charge in [-0.3, -0.25) is 14.4 Å². The minimum absolute atomic E-state index is 0.160. The van der Waals surface area contributed by atoms with Gasteiger partial charge in [0.2, 0.25) is 0 Å². The molecule has 12 heteroatoms. The molecule has 0 saturated heterocycles. The molecule has 0 bridgehead atoms. The molecule has 0 fully saturated rings. The van der Waals surface area contributed by atoms with Crippen LogP contribution in [0.25, 0.3) is 10.9 Å². The molecule has 0 radical (unpaired) electrons. The first-order valence-electron chi connectivity index (χ1n) is 10.8. The molecule has 4 atom stereocenters. The van der Waals surface area contributed by atoms with Crippen LogP contribution in [0.4, 0.5) is 0 Å². The molecule has 0 amide bonds. The van der Waals surface area contributed by atoms with Crippen LogP contribution in [0.2, 0.25) is 0 Å². The van der Waals surface area contributed by atoms with Crippen LogP contribution >= 0.6 is 0 Å². The Labute approximate surface area is 207 Å². The van der Waals surface area contributed by atoms with E-state index in [2.05, 4.69) is 4.98 Å². The maximum absolute atomic E-state index is 10.6. The lowest BCUT2D eigenvalue weighted by atomic mass is 10.1. The van der Waals surface area contributed by atoms with Gasteiger partial charge in [-0.2, -0.15) is 0 Å². The summed E-state index contributed by atoms with van der Waals surface area (Å²) in [6.45, 7) is 1.33. The predicted molar refractivity (Wildman–Crippen MR) is 132 cm³/mol. The number of aliphatic carboxylic acids is 3. The maximum atomic E-state index is 10.6. The summed E-state index contributed by atoms with van der Waals surface area (Å²) in [5, 5.41) is 43.8. The highest BCUT2D eigenvalue weighted by Crippen LogP contribution is 2.18. The minimum atomic E-state index is -1.18. The zero-order valence-electron chi connectivity index (χ0n) is 19.6. The van der Waals surface area contributed by atoms with Crippen molar-refractivity contribution < 1.29 is 39.9 Å². The zero-order chi connectivity index (χ0) is 27.4. The molecule has 2 aromatic carbocycles. The van der Waals surface area contributed by atoms with Gasteiger partial charge in [0.25, 0.3) is 0 Å². The quantitative estimate of drug-likeness (QED) is 0.201. The SMILES string of the molecule is CC(O)[C@H](N)C(=O)O.N[C@@H](Cc1c[nH]c2ccccc12)C(=O)O.N[C@@H](Cc1ccc(O)cc1)C(=O)O. The summed E-state index contributed by atoms with van der Waals surface area (Å²) in [7, 11) is 0. The predicted octanol–water partition coefficient (Wildman–Crippen LogP) is 0.248. The summed E-state index contributed by atoms with van der Waals surface area (Å²) in [5.41, 5.74) is 18.5.